The molecule has 0 aliphatic rings. The summed E-state index contributed by atoms with van der Waals surface area (Å²) in [5, 5.41) is 2.46. The lowest BCUT2D eigenvalue weighted by Crippen LogP contribution is -2.26. The fraction of sp³-hybridized carbons (Fsp3) is 0.235. The van der Waals surface area contributed by atoms with E-state index in [2.05, 4.69) is 26.0 Å². The van der Waals surface area contributed by atoms with Gasteiger partial charge in [0.25, 0.3) is 5.91 Å². The highest BCUT2D eigenvalue weighted by molar-refractivity contribution is 9.10. The molecular weight excluding hydrogens is 465 g/mol. The average molecular weight is 481 g/mol. The molecule has 0 saturated carbocycles. The first-order valence-electron chi connectivity index (χ1n) is 7.76. The van der Waals surface area contributed by atoms with Crippen LogP contribution >= 0.6 is 15.9 Å². The third kappa shape index (κ3) is 5.46. The lowest BCUT2D eigenvalue weighted by Gasteiger charge is -2.15. The fourth-order valence-electron chi connectivity index (χ4n) is 2.19. The summed E-state index contributed by atoms with van der Waals surface area (Å²) in [6, 6.07) is 9.39. The summed E-state index contributed by atoms with van der Waals surface area (Å²) in [5.74, 6) is -1.08. The lowest BCUT2D eigenvalue weighted by molar-refractivity contribution is -0.274. The van der Waals surface area contributed by atoms with Gasteiger partial charge >= 0.3 is 6.36 Å². The Morgan fingerprint density at radius 3 is 2.43 bits per heavy atom. The molecule has 0 aliphatic carbocycles. The third-order valence-corrected chi connectivity index (χ3v) is 6.40. The van der Waals surface area contributed by atoms with Crippen molar-refractivity contribution in [2.45, 2.75) is 17.8 Å². The largest absolute Gasteiger partial charge is 0.573 e. The number of carbonyl (C=O) groups is 1. The number of para-hydroxylation sites is 1. The maximum Gasteiger partial charge on any atom is 0.573 e. The molecule has 0 fully saturated rings. The zero-order valence-electron chi connectivity index (χ0n) is 14.7. The average Bonchev–Trinajstić information content (AvgIpc) is 2.59. The van der Waals surface area contributed by atoms with Gasteiger partial charge in [-0.2, -0.15) is 0 Å². The molecule has 0 radical (unpaired) electrons. The van der Waals surface area contributed by atoms with Crippen molar-refractivity contribution in [3.63, 3.8) is 0 Å². The van der Waals surface area contributed by atoms with Crippen molar-refractivity contribution >= 4 is 31.9 Å². The first kappa shape index (κ1) is 22.2. The van der Waals surface area contributed by atoms with Crippen LogP contribution in [0.2, 0.25) is 0 Å². The molecule has 152 valence electrons. The molecule has 0 heterocycles. The number of nitrogens with one attached hydrogen (secondary N) is 1. The van der Waals surface area contributed by atoms with E-state index in [9.17, 15) is 26.4 Å². The summed E-state index contributed by atoms with van der Waals surface area (Å²) in [5.41, 5.74) is 0.157. The highest BCUT2D eigenvalue weighted by Crippen LogP contribution is 2.27. The van der Waals surface area contributed by atoms with E-state index in [0.29, 0.717) is 0 Å². The van der Waals surface area contributed by atoms with E-state index in [0.717, 1.165) is 10.4 Å². The number of amides is 1. The van der Waals surface area contributed by atoms with E-state index >= 15 is 0 Å². The standard InChI is InChI=1S/C17H16BrF3N2O4S/c1-23(2)28(25,26)15-9-11(7-8-13(15)18)16(24)22-10-12-5-3-4-6-14(12)27-17(19,20)21/h3-9H,10H2,1-2H3,(H,22,24). The minimum absolute atomic E-state index is 0.0397. The van der Waals surface area contributed by atoms with E-state index in [-0.39, 0.29) is 27.0 Å². The van der Waals surface area contributed by atoms with Crippen LogP contribution in [0.25, 0.3) is 0 Å². The molecule has 6 nitrogen and oxygen atoms in total. The molecule has 2 aromatic carbocycles. The summed E-state index contributed by atoms with van der Waals surface area (Å²) < 4.78 is 67.3. The number of benzene rings is 2. The van der Waals surface area contributed by atoms with Crippen molar-refractivity contribution in [2.24, 2.45) is 0 Å². The summed E-state index contributed by atoms with van der Waals surface area (Å²) in [6.07, 6.45) is -4.86. The van der Waals surface area contributed by atoms with E-state index in [4.69, 9.17) is 0 Å². The van der Waals surface area contributed by atoms with Crippen molar-refractivity contribution in [1.82, 2.24) is 9.62 Å². The number of carbonyl (C=O) groups excluding carboxylic acids is 1. The Morgan fingerprint density at radius 2 is 1.82 bits per heavy atom. The third-order valence-electron chi connectivity index (χ3n) is 3.59. The normalized spacial score (nSPS) is 12.1. The number of halogens is 4. The second kappa shape index (κ2) is 8.50. The van der Waals surface area contributed by atoms with Gasteiger partial charge in [0.1, 0.15) is 5.75 Å². The summed E-state index contributed by atoms with van der Waals surface area (Å²) >= 11 is 3.14. The first-order chi connectivity index (χ1) is 12.9. The van der Waals surface area contributed by atoms with Gasteiger partial charge in [-0.05, 0) is 40.2 Å². The predicted molar refractivity (Wildman–Crippen MR) is 99.3 cm³/mol. The second-order valence-corrected chi connectivity index (χ2v) is 8.75. The molecule has 0 spiro atoms. The van der Waals surface area contributed by atoms with Gasteiger partial charge in [0.2, 0.25) is 10.0 Å². The second-order valence-electron chi connectivity index (χ2n) is 5.77. The molecule has 0 atom stereocenters. The van der Waals surface area contributed by atoms with E-state index in [1.54, 1.807) is 0 Å². The highest BCUT2D eigenvalue weighted by atomic mass is 79.9. The van der Waals surface area contributed by atoms with Crippen molar-refractivity contribution < 1.29 is 31.1 Å². The van der Waals surface area contributed by atoms with Gasteiger partial charge in [-0.15, -0.1) is 13.2 Å². The lowest BCUT2D eigenvalue weighted by atomic mass is 10.1. The van der Waals surface area contributed by atoms with Gasteiger partial charge in [0.15, 0.2) is 0 Å². The molecule has 11 heteroatoms. The molecular formula is C17H16BrF3N2O4S. The number of rotatable bonds is 6. The van der Waals surface area contributed by atoms with E-state index in [1.165, 1.54) is 50.5 Å². The number of nitrogens with zero attached hydrogens (tertiary/aromatic N) is 1. The Kier molecular flexibility index (Phi) is 6.73. The SMILES string of the molecule is CN(C)S(=O)(=O)c1cc(C(=O)NCc2ccccc2OC(F)(F)F)ccc1Br. The van der Waals surface area contributed by atoms with Crippen LogP contribution in [0, 0.1) is 0 Å². The molecule has 2 aromatic rings. The molecule has 0 unspecified atom stereocenters. The molecule has 2 rings (SSSR count). The van der Waals surface area contributed by atoms with Gasteiger partial charge in [0.05, 0.1) is 4.90 Å². The monoisotopic (exact) mass is 480 g/mol. The highest BCUT2D eigenvalue weighted by Gasteiger charge is 2.32. The zero-order chi connectivity index (χ0) is 21.1. The molecule has 0 saturated heterocycles. The number of hydrogen-bond donors (Lipinski definition) is 1. The Labute approximate surface area is 168 Å². The minimum atomic E-state index is -4.86. The molecule has 0 bridgehead atoms. The van der Waals surface area contributed by atoms with Crippen LogP contribution in [0.3, 0.4) is 0 Å². The van der Waals surface area contributed by atoms with Crippen LogP contribution in [0.15, 0.2) is 51.8 Å². The first-order valence-corrected chi connectivity index (χ1v) is 9.99. The van der Waals surface area contributed by atoms with Crippen LogP contribution in [0.4, 0.5) is 13.2 Å². The van der Waals surface area contributed by atoms with Crippen LogP contribution in [0.1, 0.15) is 15.9 Å². The maximum absolute atomic E-state index is 12.5. The fourth-order valence-corrected chi connectivity index (χ4v) is 4.03. The summed E-state index contributed by atoms with van der Waals surface area (Å²) in [7, 11) is -1.09. The van der Waals surface area contributed by atoms with Crippen molar-refractivity contribution in [3.05, 3.63) is 58.1 Å². The maximum atomic E-state index is 12.5. The summed E-state index contributed by atoms with van der Waals surface area (Å²) in [4.78, 5) is 12.3. The smallest absolute Gasteiger partial charge is 0.405 e. The van der Waals surface area contributed by atoms with Crippen molar-refractivity contribution in [1.29, 1.82) is 0 Å². The van der Waals surface area contributed by atoms with Gasteiger partial charge in [-0.1, -0.05) is 18.2 Å². The Balaban J connectivity index is 2.22. The number of hydrogen-bond acceptors (Lipinski definition) is 4. The van der Waals surface area contributed by atoms with Gasteiger partial charge in [-0.3, -0.25) is 4.79 Å². The Bertz CT molecular complexity index is 979. The summed E-state index contributed by atoms with van der Waals surface area (Å²) in [6.45, 7) is -0.239. The van der Waals surface area contributed by atoms with Crippen LogP contribution in [-0.4, -0.2) is 39.1 Å². The number of ether oxygens (including phenoxy) is 1. The molecule has 1 N–H and O–H groups in total. The van der Waals surface area contributed by atoms with Gasteiger partial charge in [0, 0.05) is 36.2 Å². The van der Waals surface area contributed by atoms with Crippen LogP contribution in [-0.2, 0) is 16.6 Å². The van der Waals surface area contributed by atoms with Crippen molar-refractivity contribution in [2.75, 3.05) is 14.1 Å². The topological polar surface area (TPSA) is 75.7 Å². The predicted octanol–water partition coefficient (Wildman–Crippen LogP) is 3.53. The Hall–Kier alpha value is -2.11. The van der Waals surface area contributed by atoms with E-state index < -0.39 is 28.0 Å². The van der Waals surface area contributed by atoms with Crippen LogP contribution in [0.5, 0.6) is 5.75 Å². The van der Waals surface area contributed by atoms with Crippen molar-refractivity contribution in [3.8, 4) is 5.75 Å². The number of alkyl halides is 3. The van der Waals surface area contributed by atoms with Crippen LogP contribution < -0.4 is 10.1 Å². The number of sulfonamides is 1. The molecule has 1 amide bonds. The van der Waals surface area contributed by atoms with Gasteiger partial charge in [-0.25, -0.2) is 12.7 Å². The molecule has 0 aromatic heterocycles. The molecule has 0 aliphatic heterocycles. The Morgan fingerprint density at radius 1 is 1.18 bits per heavy atom. The molecule has 28 heavy (non-hydrogen) atoms. The van der Waals surface area contributed by atoms with E-state index in [1.807, 2.05) is 0 Å². The quantitative estimate of drug-likeness (QED) is 0.686. The zero-order valence-corrected chi connectivity index (χ0v) is 17.2. The minimum Gasteiger partial charge on any atom is -0.405 e. The van der Waals surface area contributed by atoms with Gasteiger partial charge < -0.3 is 10.1 Å².